The van der Waals surface area contributed by atoms with Crippen LogP contribution in [-0.2, 0) is 14.4 Å². The van der Waals surface area contributed by atoms with Crippen LogP contribution in [0.2, 0.25) is 5.02 Å². The van der Waals surface area contributed by atoms with Gasteiger partial charge in [0, 0.05) is 46.8 Å². The van der Waals surface area contributed by atoms with Gasteiger partial charge in [-0.1, -0.05) is 47.9 Å². The van der Waals surface area contributed by atoms with Crippen molar-refractivity contribution < 1.29 is 23.6 Å². The number of nitrogens with zero attached hydrogens (tertiary/aromatic N) is 2. The summed E-state index contributed by atoms with van der Waals surface area (Å²) in [6.45, 7) is 7.48. The molecule has 0 saturated carbocycles. The molecule has 0 aliphatic rings. The van der Waals surface area contributed by atoms with E-state index in [-0.39, 0.29) is 18.7 Å². The molecule has 3 aromatic rings. The van der Waals surface area contributed by atoms with Crippen molar-refractivity contribution in [2.24, 2.45) is 0 Å². The van der Waals surface area contributed by atoms with Crippen molar-refractivity contribution in [3.05, 3.63) is 70.9 Å². The predicted octanol–water partition coefficient (Wildman–Crippen LogP) is 5.44. The minimum Gasteiger partial charge on any atom is -0.497 e. The van der Waals surface area contributed by atoms with E-state index in [1.807, 2.05) is 20.8 Å². The molecular formula is C28H33ClN4O5. The largest absolute Gasteiger partial charge is 0.497 e. The van der Waals surface area contributed by atoms with E-state index in [0.717, 1.165) is 0 Å². The van der Waals surface area contributed by atoms with E-state index < -0.39 is 29.3 Å². The molecule has 1 heterocycles. The Kier molecular flexibility index (Phi) is 9.52. The lowest BCUT2D eigenvalue weighted by atomic mass is 9.98. The zero-order valence-electron chi connectivity index (χ0n) is 22.2. The summed E-state index contributed by atoms with van der Waals surface area (Å²) in [5, 5.41) is 9.73. The quantitative estimate of drug-likeness (QED) is 0.334. The second kappa shape index (κ2) is 12.6. The summed E-state index contributed by atoms with van der Waals surface area (Å²) < 4.78 is 10.3. The topological polar surface area (TPSA) is 114 Å². The Balaban J connectivity index is 2.00. The standard InChI is InChI=1S/C28H33ClN4O5/c1-6-28(3,4)31-27(36)26(21-12-7-8-13-22(21)29)33(19-10-9-11-20(17-19)37-5)25(35)15-14-24(34)30-23-16-18(2)38-32-23/h7-13,16-17,26H,6,14-15H2,1-5H3,(H,31,36)(H,30,32,34)/t26-/m0/s1. The molecule has 0 aliphatic carbocycles. The highest BCUT2D eigenvalue weighted by Gasteiger charge is 2.36. The van der Waals surface area contributed by atoms with Gasteiger partial charge in [-0.2, -0.15) is 0 Å². The van der Waals surface area contributed by atoms with E-state index >= 15 is 0 Å². The monoisotopic (exact) mass is 540 g/mol. The third-order valence-electron chi connectivity index (χ3n) is 6.11. The number of hydrogen-bond donors (Lipinski definition) is 2. The fraction of sp³-hybridized carbons (Fsp3) is 0.357. The van der Waals surface area contributed by atoms with E-state index in [1.165, 1.54) is 12.0 Å². The maximum atomic E-state index is 13.8. The minimum atomic E-state index is -1.10. The lowest BCUT2D eigenvalue weighted by Gasteiger charge is -2.35. The number of aryl methyl sites for hydroxylation is 1. The Bertz CT molecular complexity index is 1290. The average Bonchev–Trinajstić information content (AvgIpc) is 3.30. The molecule has 0 saturated heterocycles. The van der Waals surface area contributed by atoms with Crippen LogP contribution in [0.1, 0.15) is 57.4 Å². The van der Waals surface area contributed by atoms with Crippen LogP contribution in [0.5, 0.6) is 5.75 Å². The van der Waals surface area contributed by atoms with E-state index in [1.54, 1.807) is 61.5 Å². The minimum absolute atomic E-state index is 0.136. The predicted molar refractivity (Wildman–Crippen MR) is 146 cm³/mol. The zero-order valence-corrected chi connectivity index (χ0v) is 23.0. The number of benzene rings is 2. The van der Waals surface area contributed by atoms with Gasteiger partial charge >= 0.3 is 0 Å². The number of halogens is 1. The Morgan fingerprint density at radius 3 is 2.47 bits per heavy atom. The first-order valence-electron chi connectivity index (χ1n) is 12.3. The van der Waals surface area contributed by atoms with E-state index in [4.69, 9.17) is 20.9 Å². The van der Waals surface area contributed by atoms with Crippen molar-refractivity contribution in [1.82, 2.24) is 10.5 Å². The van der Waals surface area contributed by atoms with Gasteiger partial charge in [-0.05, 0) is 45.4 Å². The van der Waals surface area contributed by atoms with Crippen molar-refractivity contribution in [3.63, 3.8) is 0 Å². The number of amides is 3. The highest BCUT2D eigenvalue weighted by atomic mass is 35.5. The van der Waals surface area contributed by atoms with Crippen molar-refractivity contribution in [2.45, 2.75) is 58.5 Å². The first kappa shape index (κ1) is 28.7. The van der Waals surface area contributed by atoms with Gasteiger partial charge in [-0.25, -0.2) is 0 Å². The summed E-state index contributed by atoms with van der Waals surface area (Å²) in [7, 11) is 1.52. The molecule has 0 fully saturated rings. The number of hydrogen-bond acceptors (Lipinski definition) is 6. The summed E-state index contributed by atoms with van der Waals surface area (Å²) in [4.78, 5) is 41.6. The number of nitrogens with one attached hydrogen (secondary N) is 2. The summed E-state index contributed by atoms with van der Waals surface area (Å²) in [5.74, 6) is 0.0569. The van der Waals surface area contributed by atoms with Crippen LogP contribution in [0.3, 0.4) is 0 Å². The Morgan fingerprint density at radius 1 is 1.11 bits per heavy atom. The van der Waals surface area contributed by atoms with Crippen LogP contribution >= 0.6 is 11.6 Å². The van der Waals surface area contributed by atoms with Crippen LogP contribution in [0.15, 0.2) is 59.1 Å². The number of carbonyl (C=O) groups is 3. The Hall–Kier alpha value is -3.85. The normalized spacial score (nSPS) is 11.9. The molecule has 2 aromatic carbocycles. The number of carbonyl (C=O) groups excluding carboxylic acids is 3. The fourth-order valence-corrected chi connectivity index (χ4v) is 3.99. The molecular weight excluding hydrogens is 508 g/mol. The average molecular weight is 541 g/mol. The highest BCUT2D eigenvalue weighted by Crippen LogP contribution is 2.34. The summed E-state index contributed by atoms with van der Waals surface area (Å²) in [6.07, 6.45) is 0.358. The Morgan fingerprint density at radius 2 is 1.84 bits per heavy atom. The van der Waals surface area contributed by atoms with Crippen LogP contribution in [-0.4, -0.2) is 35.5 Å². The first-order chi connectivity index (χ1) is 18.0. The molecule has 2 N–H and O–H groups in total. The van der Waals surface area contributed by atoms with Gasteiger partial charge in [-0.3, -0.25) is 19.3 Å². The summed E-state index contributed by atoms with van der Waals surface area (Å²) >= 11 is 6.56. The van der Waals surface area contributed by atoms with Gasteiger partial charge in [-0.15, -0.1) is 0 Å². The smallest absolute Gasteiger partial charge is 0.248 e. The van der Waals surface area contributed by atoms with Crippen molar-refractivity contribution >= 4 is 40.8 Å². The maximum Gasteiger partial charge on any atom is 0.248 e. The third kappa shape index (κ3) is 7.35. The molecule has 1 aromatic heterocycles. The molecule has 3 amide bonds. The zero-order chi connectivity index (χ0) is 27.9. The molecule has 10 heteroatoms. The van der Waals surface area contributed by atoms with Crippen molar-refractivity contribution in [3.8, 4) is 5.75 Å². The molecule has 202 valence electrons. The van der Waals surface area contributed by atoms with Gasteiger partial charge in [0.15, 0.2) is 5.82 Å². The summed E-state index contributed by atoms with van der Waals surface area (Å²) in [6, 6.07) is 14.2. The fourth-order valence-electron chi connectivity index (χ4n) is 3.75. The van der Waals surface area contributed by atoms with Crippen molar-refractivity contribution in [2.75, 3.05) is 17.3 Å². The second-order valence-corrected chi connectivity index (χ2v) is 9.89. The van der Waals surface area contributed by atoms with Crippen LogP contribution < -0.4 is 20.3 Å². The molecule has 9 nitrogen and oxygen atoms in total. The molecule has 3 rings (SSSR count). The van der Waals surface area contributed by atoms with E-state index in [0.29, 0.717) is 34.2 Å². The number of rotatable bonds is 11. The third-order valence-corrected chi connectivity index (χ3v) is 6.46. The molecule has 0 unspecified atom stereocenters. The van der Waals surface area contributed by atoms with Crippen LogP contribution in [0.4, 0.5) is 11.5 Å². The van der Waals surface area contributed by atoms with Gasteiger partial charge in [0.25, 0.3) is 0 Å². The number of aromatic nitrogens is 1. The SMILES string of the molecule is CCC(C)(C)NC(=O)[C@H](c1ccccc1Cl)N(C(=O)CCC(=O)Nc1cc(C)on1)c1cccc(OC)c1. The maximum absolute atomic E-state index is 13.8. The second-order valence-electron chi connectivity index (χ2n) is 9.49. The molecule has 38 heavy (non-hydrogen) atoms. The lowest BCUT2D eigenvalue weighted by Crippen LogP contribution is -2.50. The number of ether oxygens (including phenoxy) is 1. The lowest BCUT2D eigenvalue weighted by molar-refractivity contribution is -0.128. The van der Waals surface area contributed by atoms with Gasteiger partial charge in [0.05, 0.1) is 7.11 Å². The molecule has 0 spiro atoms. The van der Waals surface area contributed by atoms with E-state index in [9.17, 15) is 14.4 Å². The highest BCUT2D eigenvalue weighted by molar-refractivity contribution is 6.31. The van der Waals surface area contributed by atoms with Gasteiger partial charge < -0.3 is 19.9 Å². The van der Waals surface area contributed by atoms with Crippen LogP contribution in [0.25, 0.3) is 0 Å². The van der Waals surface area contributed by atoms with Gasteiger partial charge in [0.1, 0.15) is 17.6 Å². The molecule has 1 atom stereocenters. The molecule has 0 aliphatic heterocycles. The summed E-state index contributed by atoms with van der Waals surface area (Å²) in [5.41, 5.74) is 0.350. The first-order valence-corrected chi connectivity index (χ1v) is 12.7. The van der Waals surface area contributed by atoms with Crippen molar-refractivity contribution in [1.29, 1.82) is 0 Å². The number of anilines is 2. The Labute approximate surface area is 227 Å². The van der Waals surface area contributed by atoms with E-state index in [2.05, 4.69) is 15.8 Å². The number of methoxy groups -OCH3 is 1. The molecule has 0 radical (unpaired) electrons. The molecule has 0 bridgehead atoms. The van der Waals surface area contributed by atoms with Gasteiger partial charge in [0.2, 0.25) is 17.7 Å². The van der Waals surface area contributed by atoms with Crippen LogP contribution in [0, 0.1) is 6.92 Å².